The van der Waals surface area contributed by atoms with Crippen molar-refractivity contribution in [2.45, 2.75) is 77.7 Å². The minimum absolute atomic E-state index is 0.0725. The van der Waals surface area contributed by atoms with Gasteiger partial charge in [-0.15, -0.1) is 0 Å². The first-order chi connectivity index (χ1) is 8.26. The number of ether oxygens (including phenoxy) is 3. The summed E-state index contributed by atoms with van der Waals surface area (Å²) in [6.45, 7) is 8.73. The zero-order chi connectivity index (χ0) is 13.9. The first kappa shape index (κ1) is 15.4. The zero-order valence-corrected chi connectivity index (χ0v) is 11.8. The third-order valence-electron chi connectivity index (χ3n) is 3.24. The van der Waals surface area contributed by atoms with Gasteiger partial charge in [-0.1, -0.05) is 6.92 Å². The fourth-order valence-corrected chi connectivity index (χ4v) is 2.16. The van der Waals surface area contributed by atoms with Crippen molar-refractivity contribution in [1.29, 1.82) is 0 Å². The number of hydrogen-bond acceptors (Lipinski definition) is 5. The Hall–Kier alpha value is -0.650. The van der Waals surface area contributed by atoms with Crippen molar-refractivity contribution >= 4 is 5.97 Å². The molecular formula is C13H24O5. The Balaban J connectivity index is 2.67. The Bertz CT molecular complexity index is 289. The van der Waals surface area contributed by atoms with Crippen molar-refractivity contribution in [1.82, 2.24) is 0 Å². The molecule has 0 spiro atoms. The molecule has 18 heavy (non-hydrogen) atoms. The molecule has 106 valence electrons. The fraction of sp³-hybridized carbons (Fsp3) is 0.923. The van der Waals surface area contributed by atoms with Crippen molar-refractivity contribution in [2.75, 3.05) is 0 Å². The SMILES string of the molecule is CCC(C)OC1CC(C)(O)C(OC(C)=O)C(C)O1. The van der Waals surface area contributed by atoms with Gasteiger partial charge in [0.1, 0.15) is 5.60 Å². The van der Waals surface area contributed by atoms with E-state index in [1.807, 2.05) is 13.8 Å². The first-order valence-corrected chi connectivity index (χ1v) is 6.46. The summed E-state index contributed by atoms with van der Waals surface area (Å²) in [7, 11) is 0. The topological polar surface area (TPSA) is 65.0 Å². The predicted molar refractivity (Wildman–Crippen MR) is 66.0 cm³/mol. The van der Waals surface area contributed by atoms with Gasteiger partial charge in [0.15, 0.2) is 12.4 Å². The van der Waals surface area contributed by atoms with Crippen LogP contribution in [0.25, 0.3) is 0 Å². The van der Waals surface area contributed by atoms with Gasteiger partial charge >= 0.3 is 5.97 Å². The summed E-state index contributed by atoms with van der Waals surface area (Å²) in [6.07, 6.45) is -0.276. The van der Waals surface area contributed by atoms with E-state index in [9.17, 15) is 9.90 Å². The van der Waals surface area contributed by atoms with E-state index in [4.69, 9.17) is 14.2 Å². The minimum Gasteiger partial charge on any atom is -0.457 e. The molecule has 1 aliphatic heterocycles. The van der Waals surface area contributed by atoms with E-state index in [0.29, 0.717) is 6.42 Å². The summed E-state index contributed by atoms with van der Waals surface area (Å²) in [6, 6.07) is 0. The number of carbonyl (C=O) groups is 1. The number of esters is 1. The van der Waals surface area contributed by atoms with E-state index >= 15 is 0 Å². The van der Waals surface area contributed by atoms with Gasteiger partial charge in [0.2, 0.25) is 0 Å². The van der Waals surface area contributed by atoms with Crippen molar-refractivity contribution < 1.29 is 24.1 Å². The first-order valence-electron chi connectivity index (χ1n) is 6.46. The molecule has 0 aromatic carbocycles. The van der Waals surface area contributed by atoms with Crippen LogP contribution in [0.3, 0.4) is 0 Å². The van der Waals surface area contributed by atoms with Crippen molar-refractivity contribution in [3.05, 3.63) is 0 Å². The van der Waals surface area contributed by atoms with E-state index in [1.165, 1.54) is 6.92 Å². The van der Waals surface area contributed by atoms with Crippen LogP contribution in [0.15, 0.2) is 0 Å². The molecule has 5 nitrogen and oxygen atoms in total. The van der Waals surface area contributed by atoms with Crippen molar-refractivity contribution in [2.24, 2.45) is 0 Å². The maximum Gasteiger partial charge on any atom is 0.303 e. The summed E-state index contributed by atoms with van der Waals surface area (Å²) in [4.78, 5) is 11.0. The summed E-state index contributed by atoms with van der Waals surface area (Å²) < 4.78 is 16.5. The Labute approximate surface area is 108 Å². The Morgan fingerprint density at radius 2 is 2.22 bits per heavy atom. The van der Waals surface area contributed by atoms with E-state index in [2.05, 4.69) is 0 Å². The van der Waals surface area contributed by atoms with E-state index in [1.54, 1.807) is 13.8 Å². The molecule has 0 saturated carbocycles. The second-order valence-corrected chi connectivity index (χ2v) is 5.22. The average molecular weight is 260 g/mol. The molecule has 0 amide bonds. The van der Waals surface area contributed by atoms with Crippen LogP contribution in [0.5, 0.6) is 0 Å². The van der Waals surface area contributed by atoms with Crippen LogP contribution in [-0.2, 0) is 19.0 Å². The zero-order valence-electron chi connectivity index (χ0n) is 11.8. The summed E-state index contributed by atoms with van der Waals surface area (Å²) in [5.74, 6) is -0.419. The van der Waals surface area contributed by atoms with E-state index < -0.39 is 30.1 Å². The van der Waals surface area contributed by atoms with Crippen LogP contribution in [0.2, 0.25) is 0 Å². The Kier molecular flexibility index (Phi) is 5.13. The molecule has 1 heterocycles. The van der Waals surface area contributed by atoms with Crippen LogP contribution in [0, 0.1) is 0 Å². The quantitative estimate of drug-likeness (QED) is 0.778. The van der Waals surface area contributed by atoms with E-state index in [-0.39, 0.29) is 6.10 Å². The average Bonchev–Trinajstić information content (AvgIpc) is 2.22. The van der Waals surface area contributed by atoms with Gasteiger partial charge in [-0.25, -0.2) is 0 Å². The van der Waals surface area contributed by atoms with Gasteiger partial charge in [-0.3, -0.25) is 4.79 Å². The number of rotatable bonds is 4. The maximum atomic E-state index is 11.0. The molecule has 5 unspecified atom stereocenters. The largest absolute Gasteiger partial charge is 0.457 e. The van der Waals surface area contributed by atoms with Gasteiger partial charge in [0.25, 0.3) is 0 Å². The van der Waals surface area contributed by atoms with Gasteiger partial charge in [0, 0.05) is 13.3 Å². The Morgan fingerprint density at radius 3 is 2.67 bits per heavy atom. The molecule has 1 fully saturated rings. The van der Waals surface area contributed by atoms with E-state index in [0.717, 1.165) is 6.42 Å². The molecule has 0 bridgehead atoms. The Morgan fingerprint density at radius 1 is 1.61 bits per heavy atom. The molecule has 0 aromatic heterocycles. The predicted octanol–water partition coefficient (Wildman–Crippen LogP) is 1.62. The molecule has 1 saturated heterocycles. The molecule has 0 aromatic rings. The molecule has 0 radical (unpaired) electrons. The highest BCUT2D eigenvalue weighted by Gasteiger charge is 2.46. The standard InChI is InChI=1S/C13H24O5/c1-6-8(2)16-11-7-13(5,15)12(9(3)17-11)18-10(4)14/h8-9,11-12,15H,6-7H2,1-5H3. The van der Waals surface area contributed by atoms with Crippen LogP contribution in [-0.4, -0.2) is 41.3 Å². The van der Waals surface area contributed by atoms with Crippen molar-refractivity contribution in [3.63, 3.8) is 0 Å². The number of hydrogen-bond donors (Lipinski definition) is 1. The van der Waals surface area contributed by atoms with Crippen molar-refractivity contribution in [3.8, 4) is 0 Å². The molecule has 1 aliphatic rings. The third-order valence-corrected chi connectivity index (χ3v) is 3.24. The molecule has 1 N–H and O–H groups in total. The lowest BCUT2D eigenvalue weighted by Crippen LogP contribution is -2.57. The lowest BCUT2D eigenvalue weighted by atomic mass is 9.88. The van der Waals surface area contributed by atoms with Gasteiger partial charge in [-0.05, 0) is 27.2 Å². The highest BCUT2D eigenvalue weighted by Crippen LogP contribution is 2.32. The summed E-state index contributed by atoms with van der Waals surface area (Å²) >= 11 is 0. The normalized spacial score (nSPS) is 38.2. The van der Waals surface area contributed by atoms with Crippen LogP contribution >= 0.6 is 0 Å². The van der Waals surface area contributed by atoms with Gasteiger partial charge in [-0.2, -0.15) is 0 Å². The second-order valence-electron chi connectivity index (χ2n) is 5.22. The summed E-state index contributed by atoms with van der Waals surface area (Å²) in [5.41, 5.74) is -1.14. The highest BCUT2D eigenvalue weighted by atomic mass is 16.7. The number of aliphatic hydroxyl groups is 1. The van der Waals surface area contributed by atoms with Crippen LogP contribution in [0.1, 0.15) is 47.5 Å². The summed E-state index contributed by atoms with van der Waals surface area (Å²) in [5, 5.41) is 10.4. The molecule has 5 atom stereocenters. The fourth-order valence-electron chi connectivity index (χ4n) is 2.16. The van der Waals surface area contributed by atoms with Gasteiger partial charge < -0.3 is 19.3 Å². The second kappa shape index (κ2) is 5.99. The lowest BCUT2D eigenvalue weighted by Gasteiger charge is -2.44. The van der Waals surface area contributed by atoms with Crippen LogP contribution < -0.4 is 0 Å². The smallest absolute Gasteiger partial charge is 0.303 e. The third kappa shape index (κ3) is 3.93. The molecule has 5 heteroatoms. The molecular weight excluding hydrogens is 236 g/mol. The molecule has 1 rings (SSSR count). The van der Waals surface area contributed by atoms with Gasteiger partial charge in [0.05, 0.1) is 12.2 Å². The minimum atomic E-state index is -1.14. The maximum absolute atomic E-state index is 11.0. The highest BCUT2D eigenvalue weighted by molar-refractivity contribution is 5.66. The molecule has 0 aliphatic carbocycles. The monoisotopic (exact) mass is 260 g/mol. The number of carbonyl (C=O) groups excluding carboxylic acids is 1. The van der Waals surface area contributed by atoms with Crippen LogP contribution in [0.4, 0.5) is 0 Å². The lowest BCUT2D eigenvalue weighted by molar-refractivity contribution is -0.285.